The van der Waals surface area contributed by atoms with Gasteiger partial charge in [-0.1, -0.05) is 6.92 Å². The average molecular weight is 230 g/mol. The lowest BCUT2D eigenvalue weighted by atomic mass is 10.1. The van der Waals surface area contributed by atoms with Gasteiger partial charge in [0.05, 0.1) is 4.92 Å². The number of anilines is 1. The minimum absolute atomic E-state index is 0.252. The number of nitrogens with one attached hydrogen (secondary N) is 1. The van der Waals surface area contributed by atoms with Crippen molar-refractivity contribution in [2.75, 3.05) is 11.9 Å². The minimum atomic E-state index is -2.72. The van der Waals surface area contributed by atoms with E-state index in [9.17, 15) is 18.9 Å². The van der Waals surface area contributed by atoms with Gasteiger partial charge in [-0.25, -0.2) is 8.78 Å². The van der Waals surface area contributed by atoms with Crippen molar-refractivity contribution in [1.82, 2.24) is 0 Å². The average Bonchev–Trinajstić information content (AvgIpc) is 2.25. The van der Waals surface area contributed by atoms with E-state index in [0.717, 1.165) is 12.5 Å². The van der Waals surface area contributed by atoms with Crippen LogP contribution in [0.4, 0.5) is 20.2 Å². The maximum atomic E-state index is 12.6. The Balaban J connectivity index is 3.04. The van der Waals surface area contributed by atoms with E-state index in [4.69, 9.17) is 0 Å². The Morgan fingerprint density at radius 1 is 1.50 bits per heavy atom. The van der Waals surface area contributed by atoms with Crippen molar-refractivity contribution in [3.05, 3.63) is 33.9 Å². The van der Waals surface area contributed by atoms with Crippen LogP contribution in [0.3, 0.4) is 0 Å². The molecule has 1 N–H and O–H groups in total. The third-order valence-corrected chi connectivity index (χ3v) is 2.05. The smallest absolute Gasteiger partial charge is 0.270 e. The lowest BCUT2D eigenvalue weighted by molar-refractivity contribution is -0.385. The summed E-state index contributed by atoms with van der Waals surface area (Å²) < 4.78 is 25.3. The van der Waals surface area contributed by atoms with Crippen LogP contribution in [0.25, 0.3) is 0 Å². The van der Waals surface area contributed by atoms with Gasteiger partial charge >= 0.3 is 0 Å². The van der Waals surface area contributed by atoms with Crippen LogP contribution in [-0.4, -0.2) is 11.5 Å². The molecule has 1 aromatic carbocycles. The Morgan fingerprint density at radius 3 is 2.69 bits per heavy atom. The van der Waals surface area contributed by atoms with E-state index in [-0.39, 0.29) is 16.9 Å². The van der Waals surface area contributed by atoms with E-state index in [1.807, 2.05) is 6.92 Å². The molecule has 1 aromatic rings. The first-order valence-corrected chi connectivity index (χ1v) is 4.86. The summed E-state index contributed by atoms with van der Waals surface area (Å²) in [4.78, 5) is 9.76. The van der Waals surface area contributed by atoms with Gasteiger partial charge in [0.2, 0.25) is 0 Å². The first-order valence-electron chi connectivity index (χ1n) is 4.86. The number of non-ortho nitro benzene ring substituents is 1. The Labute approximate surface area is 91.4 Å². The number of benzene rings is 1. The van der Waals surface area contributed by atoms with Crippen LogP contribution in [0.1, 0.15) is 25.3 Å². The topological polar surface area (TPSA) is 55.2 Å². The van der Waals surface area contributed by atoms with Gasteiger partial charge in [-0.05, 0) is 12.5 Å². The van der Waals surface area contributed by atoms with E-state index in [1.165, 1.54) is 12.1 Å². The number of hydrogen-bond donors (Lipinski definition) is 1. The summed E-state index contributed by atoms with van der Waals surface area (Å²) in [6.45, 7) is 2.46. The highest BCUT2D eigenvalue weighted by Gasteiger charge is 2.17. The molecule has 0 fully saturated rings. The molecule has 6 heteroatoms. The van der Waals surface area contributed by atoms with Crippen molar-refractivity contribution in [2.24, 2.45) is 0 Å². The van der Waals surface area contributed by atoms with Crippen LogP contribution in [0.2, 0.25) is 0 Å². The third kappa shape index (κ3) is 2.88. The van der Waals surface area contributed by atoms with E-state index in [2.05, 4.69) is 5.32 Å². The van der Waals surface area contributed by atoms with Gasteiger partial charge in [0, 0.05) is 29.9 Å². The lowest BCUT2D eigenvalue weighted by Gasteiger charge is -2.10. The molecule has 0 aliphatic rings. The highest BCUT2D eigenvalue weighted by Crippen LogP contribution is 2.30. The standard InChI is InChI=1S/C10H12F2N2O2/c1-2-5-13-9-4-3-7(14(15)16)6-8(9)10(11)12/h3-4,6,10,13H,2,5H2,1H3. The largest absolute Gasteiger partial charge is 0.385 e. The van der Waals surface area contributed by atoms with Crippen LogP contribution >= 0.6 is 0 Å². The number of nitro groups is 1. The van der Waals surface area contributed by atoms with E-state index >= 15 is 0 Å². The van der Waals surface area contributed by atoms with Gasteiger partial charge in [0.15, 0.2) is 0 Å². The molecule has 0 aromatic heterocycles. The van der Waals surface area contributed by atoms with Crippen molar-refractivity contribution in [3.8, 4) is 0 Å². The molecule has 4 nitrogen and oxygen atoms in total. The van der Waals surface area contributed by atoms with Crippen molar-refractivity contribution in [1.29, 1.82) is 0 Å². The molecule has 0 saturated heterocycles. The fourth-order valence-corrected chi connectivity index (χ4v) is 1.26. The second-order valence-electron chi connectivity index (χ2n) is 3.26. The van der Waals surface area contributed by atoms with Crippen molar-refractivity contribution >= 4 is 11.4 Å². The van der Waals surface area contributed by atoms with Crippen LogP contribution in [0, 0.1) is 10.1 Å². The van der Waals surface area contributed by atoms with Gasteiger partial charge in [0.25, 0.3) is 12.1 Å². The second-order valence-corrected chi connectivity index (χ2v) is 3.26. The number of nitrogens with zero attached hydrogens (tertiary/aromatic N) is 1. The Hall–Kier alpha value is -1.72. The minimum Gasteiger partial charge on any atom is -0.385 e. The normalized spacial score (nSPS) is 10.5. The Morgan fingerprint density at radius 2 is 2.19 bits per heavy atom. The summed E-state index contributed by atoms with van der Waals surface area (Å²) in [5.41, 5.74) is -0.401. The Kier molecular flexibility index (Phi) is 4.16. The lowest BCUT2D eigenvalue weighted by Crippen LogP contribution is -2.04. The quantitative estimate of drug-likeness (QED) is 0.623. The van der Waals surface area contributed by atoms with Crippen LogP contribution < -0.4 is 5.32 Å². The summed E-state index contributed by atoms with van der Waals surface area (Å²) >= 11 is 0. The molecule has 88 valence electrons. The van der Waals surface area contributed by atoms with E-state index < -0.39 is 11.3 Å². The van der Waals surface area contributed by atoms with Crippen molar-refractivity contribution in [3.63, 3.8) is 0 Å². The van der Waals surface area contributed by atoms with Crippen LogP contribution in [-0.2, 0) is 0 Å². The predicted molar refractivity (Wildman–Crippen MR) is 56.8 cm³/mol. The summed E-state index contributed by atoms with van der Waals surface area (Å²) in [5, 5.41) is 13.2. The Bertz CT molecular complexity index is 383. The zero-order chi connectivity index (χ0) is 12.1. The number of hydrogen-bond acceptors (Lipinski definition) is 3. The SMILES string of the molecule is CCCNc1ccc([N+](=O)[O-])cc1C(F)F. The summed E-state index contributed by atoms with van der Waals surface area (Å²) in [6.07, 6.45) is -1.93. The molecule has 0 bridgehead atoms. The maximum absolute atomic E-state index is 12.6. The maximum Gasteiger partial charge on any atom is 0.270 e. The summed E-state index contributed by atoms with van der Waals surface area (Å²) in [5.74, 6) is 0. The molecule has 0 aliphatic carbocycles. The molecule has 0 unspecified atom stereocenters. The summed E-state index contributed by atoms with van der Waals surface area (Å²) in [7, 11) is 0. The highest BCUT2D eigenvalue weighted by molar-refractivity contribution is 5.56. The first-order chi connectivity index (χ1) is 7.56. The highest BCUT2D eigenvalue weighted by atomic mass is 19.3. The fraction of sp³-hybridized carbons (Fsp3) is 0.400. The second kappa shape index (κ2) is 5.39. The molecule has 0 spiro atoms. The van der Waals surface area contributed by atoms with Crippen LogP contribution in [0.15, 0.2) is 18.2 Å². The predicted octanol–water partition coefficient (Wildman–Crippen LogP) is 3.35. The fourth-order valence-electron chi connectivity index (χ4n) is 1.26. The van der Waals surface area contributed by atoms with E-state index in [0.29, 0.717) is 6.54 Å². The molecule has 0 aliphatic heterocycles. The zero-order valence-corrected chi connectivity index (χ0v) is 8.74. The summed E-state index contributed by atoms with van der Waals surface area (Å²) in [6, 6.07) is 3.43. The molecule has 0 radical (unpaired) electrons. The van der Waals surface area contributed by atoms with Gasteiger partial charge < -0.3 is 5.32 Å². The molecular formula is C10H12F2N2O2. The van der Waals surface area contributed by atoms with Gasteiger partial charge in [-0.2, -0.15) is 0 Å². The number of nitro benzene ring substituents is 1. The molecule has 16 heavy (non-hydrogen) atoms. The van der Waals surface area contributed by atoms with E-state index in [1.54, 1.807) is 0 Å². The number of alkyl halides is 2. The van der Waals surface area contributed by atoms with Crippen molar-refractivity contribution in [2.45, 2.75) is 19.8 Å². The monoisotopic (exact) mass is 230 g/mol. The van der Waals surface area contributed by atoms with Gasteiger partial charge in [-0.3, -0.25) is 10.1 Å². The molecule has 0 heterocycles. The molecule has 0 atom stereocenters. The number of halogens is 2. The van der Waals surface area contributed by atoms with Gasteiger partial charge in [-0.15, -0.1) is 0 Å². The molecule has 0 amide bonds. The molecular weight excluding hydrogens is 218 g/mol. The molecule has 0 saturated carbocycles. The number of rotatable bonds is 5. The first kappa shape index (κ1) is 12.4. The van der Waals surface area contributed by atoms with Crippen LogP contribution in [0.5, 0.6) is 0 Å². The zero-order valence-electron chi connectivity index (χ0n) is 8.74. The van der Waals surface area contributed by atoms with Crippen molar-refractivity contribution < 1.29 is 13.7 Å². The van der Waals surface area contributed by atoms with Gasteiger partial charge in [0.1, 0.15) is 0 Å². The molecule has 1 rings (SSSR count). The third-order valence-electron chi connectivity index (χ3n) is 2.05.